The van der Waals surface area contributed by atoms with E-state index in [9.17, 15) is 8.42 Å². The molecule has 112 valence electrons. The van der Waals surface area contributed by atoms with Crippen molar-refractivity contribution in [3.05, 3.63) is 24.3 Å². The average molecular weight is 297 g/mol. The Morgan fingerprint density at radius 1 is 1.25 bits per heavy atom. The fourth-order valence-electron chi connectivity index (χ4n) is 2.37. The van der Waals surface area contributed by atoms with Crippen molar-refractivity contribution in [3.63, 3.8) is 0 Å². The van der Waals surface area contributed by atoms with Gasteiger partial charge in [0.1, 0.15) is 0 Å². The van der Waals surface area contributed by atoms with Gasteiger partial charge in [-0.15, -0.1) is 0 Å². The van der Waals surface area contributed by atoms with Crippen LogP contribution in [0, 0.1) is 0 Å². The van der Waals surface area contributed by atoms with Gasteiger partial charge in [-0.25, -0.2) is 13.1 Å². The van der Waals surface area contributed by atoms with Crippen molar-refractivity contribution in [2.24, 2.45) is 0 Å². The molecule has 0 amide bonds. The number of benzene rings is 1. The van der Waals surface area contributed by atoms with Gasteiger partial charge in [0.2, 0.25) is 10.0 Å². The summed E-state index contributed by atoms with van der Waals surface area (Å²) in [6.07, 6.45) is 1.06. The van der Waals surface area contributed by atoms with E-state index in [4.69, 9.17) is 0 Å². The van der Waals surface area contributed by atoms with Gasteiger partial charge in [0, 0.05) is 23.8 Å². The van der Waals surface area contributed by atoms with Gasteiger partial charge < -0.3 is 10.6 Å². The summed E-state index contributed by atoms with van der Waals surface area (Å²) in [6.45, 7) is 7.71. The summed E-state index contributed by atoms with van der Waals surface area (Å²) in [6, 6.07) is 6.80. The quantitative estimate of drug-likeness (QED) is 0.771. The highest BCUT2D eigenvalue weighted by Gasteiger charge is 2.28. The van der Waals surface area contributed by atoms with E-state index in [1.54, 1.807) is 26.0 Å². The number of anilines is 1. The smallest absolute Gasteiger partial charge is 0.240 e. The fraction of sp³-hybridized carbons (Fsp3) is 0.571. The van der Waals surface area contributed by atoms with E-state index in [2.05, 4.69) is 22.3 Å². The third-order valence-electron chi connectivity index (χ3n) is 3.37. The zero-order valence-electron chi connectivity index (χ0n) is 12.2. The van der Waals surface area contributed by atoms with E-state index in [1.807, 2.05) is 12.1 Å². The topological polar surface area (TPSA) is 70.2 Å². The Balaban J connectivity index is 2.10. The first-order valence-electron chi connectivity index (χ1n) is 6.92. The van der Waals surface area contributed by atoms with Gasteiger partial charge in [-0.05, 0) is 58.0 Å². The minimum Gasteiger partial charge on any atom is -0.379 e. The van der Waals surface area contributed by atoms with E-state index in [1.165, 1.54) is 0 Å². The predicted molar refractivity (Wildman–Crippen MR) is 81.4 cm³/mol. The maximum Gasteiger partial charge on any atom is 0.240 e. The number of hydrogen-bond acceptors (Lipinski definition) is 4. The SMILES string of the molecule is CC(C)NS(=O)(=O)c1ccc(NC2(C)CCNC2)cc1. The van der Waals surface area contributed by atoms with Gasteiger partial charge in [-0.3, -0.25) is 0 Å². The van der Waals surface area contributed by atoms with Crippen molar-refractivity contribution in [1.82, 2.24) is 10.0 Å². The van der Waals surface area contributed by atoms with Gasteiger partial charge in [-0.1, -0.05) is 0 Å². The summed E-state index contributed by atoms with van der Waals surface area (Å²) in [5.74, 6) is 0. The third kappa shape index (κ3) is 3.71. The average Bonchev–Trinajstić information content (AvgIpc) is 2.75. The zero-order chi connectivity index (χ0) is 14.8. The molecule has 1 heterocycles. The van der Waals surface area contributed by atoms with Crippen LogP contribution in [0.25, 0.3) is 0 Å². The molecule has 5 nitrogen and oxygen atoms in total. The predicted octanol–water partition coefficient (Wildman–Crippen LogP) is 1.54. The molecule has 6 heteroatoms. The zero-order valence-corrected chi connectivity index (χ0v) is 13.0. The molecule has 1 aliphatic heterocycles. The standard InChI is InChI=1S/C14H23N3O2S/c1-11(2)17-20(18,19)13-6-4-12(5-7-13)16-14(3)8-9-15-10-14/h4-7,11,15-17H,8-10H2,1-3H3. The Labute approximate surface area is 121 Å². The Morgan fingerprint density at radius 2 is 1.90 bits per heavy atom. The highest BCUT2D eigenvalue weighted by Crippen LogP contribution is 2.22. The molecular formula is C14H23N3O2S. The second-order valence-electron chi connectivity index (χ2n) is 5.91. The molecule has 1 fully saturated rings. The molecule has 0 radical (unpaired) electrons. The van der Waals surface area contributed by atoms with Crippen LogP contribution < -0.4 is 15.4 Å². The maximum absolute atomic E-state index is 12.0. The van der Waals surface area contributed by atoms with Crippen LogP contribution in [0.3, 0.4) is 0 Å². The first kappa shape index (κ1) is 15.3. The molecule has 0 bridgehead atoms. The highest BCUT2D eigenvalue weighted by molar-refractivity contribution is 7.89. The fourth-order valence-corrected chi connectivity index (χ4v) is 3.62. The van der Waals surface area contributed by atoms with Gasteiger partial charge >= 0.3 is 0 Å². The van der Waals surface area contributed by atoms with Crippen molar-refractivity contribution in [2.45, 2.75) is 43.7 Å². The summed E-state index contributed by atoms with van der Waals surface area (Å²) in [5, 5.41) is 6.78. The normalized spacial score (nSPS) is 23.2. The Morgan fingerprint density at radius 3 is 2.40 bits per heavy atom. The second-order valence-corrected chi connectivity index (χ2v) is 7.63. The molecule has 20 heavy (non-hydrogen) atoms. The number of nitrogens with one attached hydrogen (secondary N) is 3. The van der Waals surface area contributed by atoms with Crippen LogP contribution in [0.2, 0.25) is 0 Å². The summed E-state index contributed by atoms with van der Waals surface area (Å²) in [4.78, 5) is 0.298. The van der Waals surface area contributed by atoms with E-state index in [-0.39, 0.29) is 11.6 Å². The lowest BCUT2D eigenvalue weighted by atomic mass is 10.0. The Hall–Kier alpha value is -1.11. The van der Waals surface area contributed by atoms with Crippen molar-refractivity contribution in [2.75, 3.05) is 18.4 Å². The van der Waals surface area contributed by atoms with E-state index < -0.39 is 10.0 Å². The molecule has 1 aliphatic rings. The molecule has 1 aromatic carbocycles. The molecule has 1 atom stereocenters. The van der Waals surface area contributed by atoms with Crippen LogP contribution in [-0.2, 0) is 10.0 Å². The lowest BCUT2D eigenvalue weighted by molar-refractivity contribution is 0.566. The molecule has 1 saturated heterocycles. The monoisotopic (exact) mass is 297 g/mol. The number of hydrogen-bond donors (Lipinski definition) is 3. The first-order valence-corrected chi connectivity index (χ1v) is 8.40. The summed E-state index contributed by atoms with van der Waals surface area (Å²) < 4.78 is 26.6. The number of sulfonamides is 1. The lowest BCUT2D eigenvalue weighted by Crippen LogP contribution is -2.36. The largest absolute Gasteiger partial charge is 0.379 e. The molecule has 1 unspecified atom stereocenters. The minimum absolute atomic E-state index is 0.0383. The summed E-state index contributed by atoms with van der Waals surface area (Å²) in [7, 11) is -3.41. The molecule has 0 saturated carbocycles. The van der Waals surface area contributed by atoms with Crippen LogP contribution >= 0.6 is 0 Å². The van der Waals surface area contributed by atoms with Crippen molar-refractivity contribution < 1.29 is 8.42 Å². The lowest BCUT2D eigenvalue weighted by Gasteiger charge is -2.26. The Kier molecular flexibility index (Phi) is 4.36. The first-order chi connectivity index (χ1) is 9.31. The van der Waals surface area contributed by atoms with Crippen molar-refractivity contribution >= 4 is 15.7 Å². The number of rotatable bonds is 5. The maximum atomic E-state index is 12.0. The van der Waals surface area contributed by atoms with Crippen LogP contribution in [0.4, 0.5) is 5.69 Å². The van der Waals surface area contributed by atoms with Crippen molar-refractivity contribution in [1.29, 1.82) is 0 Å². The molecule has 1 aromatic rings. The van der Waals surface area contributed by atoms with Gasteiger partial charge in [0.05, 0.1) is 4.90 Å². The van der Waals surface area contributed by atoms with Gasteiger partial charge in [0.15, 0.2) is 0 Å². The van der Waals surface area contributed by atoms with Crippen LogP contribution in [-0.4, -0.2) is 33.1 Å². The molecule has 0 aliphatic carbocycles. The van der Waals surface area contributed by atoms with E-state index in [0.717, 1.165) is 25.2 Å². The van der Waals surface area contributed by atoms with E-state index in [0.29, 0.717) is 4.90 Å². The van der Waals surface area contributed by atoms with Gasteiger partial charge in [-0.2, -0.15) is 0 Å². The Bertz CT molecular complexity index is 546. The van der Waals surface area contributed by atoms with Crippen LogP contribution in [0.15, 0.2) is 29.2 Å². The summed E-state index contributed by atoms with van der Waals surface area (Å²) in [5.41, 5.74) is 0.982. The minimum atomic E-state index is -3.41. The van der Waals surface area contributed by atoms with Gasteiger partial charge in [0.25, 0.3) is 0 Å². The molecule has 3 N–H and O–H groups in total. The third-order valence-corrected chi connectivity index (χ3v) is 5.04. The summed E-state index contributed by atoms with van der Waals surface area (Å²) >= 11 is 0. The molecule has 2 rings (SSSR count). The van der Waals surface area contributed by atoms with Crippen molar-refractivity contribution in [3.8, 4) is 0 Å². The molecule has 0 aromatic heterocycles. The molecule has 0 spiro atoms. The highest BCUT2D eigenvalue weighted by atomic mass is 32.2. The van der Waals surface area contributed by atoms with Crippen LogP contribution in [0.1, 0.15) is 27.2 Å². The van der Waals surface area contributed by atoms with Crippen LogP contribution in [0.5, 0.6) is 0 Å². The molecular weight excluding hydrogens is 274 g/mol. The second kappa shape index (κ2) is 5.71. The van der Waals surface area contributed by atoms with E-state index >= 15 is 0 Å².